The summed E-state index contributed by atoms with van der Waals surface area (Å²) in [7, 11) is 0. The molecule has 0 bridgehead atoms. The molecular weight excluding hydrogens is 272 g/mol. The van der Waals surface area contributed by atoms with Crippen molar-refractivity contribution in [1.82, 2.24) is 5.32 Å². The third-order valence-electron chi connectivity index (χ3n) is 2.56. The number of rotatable bonds is 4. The molecule has 1 nitrogen and oxygen atoms in total. The van der Waals surface area contributed by atoms with Crippen molar-refractivity contribution < 1.29 is 4.39 Å². The van der Waals surface area contributed by atoms with Crippen LogP contribution in [0.1, 0.15) is 11.1 Å². The molecule has 0 amide bonds. The second kappa shape index (κ2) is 6.19. The van der Waals surface area contributed by atoms with E-state index < -0.39 is 0 Å². The Labute approximate surface area is 116 Å². The summed E-state index contributed by atoms with van der Waals surface area (Å²) < 4.78 is 12.7. The van der Waals surface area contributed by atoms with Crippen LogP contribution in [0.3, 0.4) is 0 Å². The highest BCUT2D eigenvalue weighted by Crippen LogP contribution is 2.22. The fourth-order valence-electron chi connectivity index (χ4n) is 1.60. The Hall–Kier alpha value is -1.09. The molecule has 0 aliphatic rings. The van der Waals surface area contributed by atoms with Crippen LogP contribution in [0.4, 0.5) is 4.39 Å². The monoisotopic (exact) mass is 283 g/mol. The molecule has 0 saturated heterocycles. The van der Waals surface area contributed by atoms with Gasteiger partial charge in [-0.2, -0.15) is 0 Å². The first-order valence-electron chi connectivity index (χ1n) is 5.54. The van der Waals surface area contributed by atoms with Gasteiger partial charge in [0.25, 0.3) is 0 Å². The number of nitrogens with one attached hydrogen (secondary N) is 1. The SMILES string of the molecule is Fc1ccc(CNCc2ccc(Cl)c(Cl)c2)cc1. The maximum Gasteiger partial charge on any atom is 0.123 e. The van der Waals surface area contributed by atoms with Crippen molar-refractivity contribution in [2.24, 2.45) is 0 Å². The van der Waals surface area contributed by atoms with E-state index in [0.717, 1.165) is 11.1 Å². The quantitative estimate of drug-likeness (QED) is 0.876. The van der Waals surface area contributed by atoms with Crippen LogP contribution in [0.15, 0.2) is 42.5 Å². The zero-order valence-corrected chi connectivity index (χ0v) is 11.1. The Balaban J connectivity index is 1.88. The normalized spacial score (nSPS) is 10.6. The van der Waals surface area contributed by atoms with E-state index in [1.165, 1.54) is 12.1 Å². The van der Waals surface area contributed by atoms with E-state index in [-0.39, 0.29) is 5.82 Å². The van der Waals surface area contributed by atoms with Gasteiger partial charge in [-0.05, 0) is 35.4 Å². The summed E-state index contributed by atoms with van der Waals surface area (Å²) in [5.41, 5.74) is 2.10. The number of benzene rings is 2. The van der Waals surface area contributed by atoms with Gasteiger partial charge < -0.3 is 5.32 Å². The van der Waals surface area contributed by atoms with Crippen molar-refractivity contribution in [2.75, 3.05) is 0 Å². The Morgan fingerprint density at radius 3 is 2.11 bits per heavy atom. The lowest BCUT2D eigenvalue weighted by atomic mass is 10.2. The molecule has 0 aliphatic heterocycles. The maximum atomic E-state index is 12.7. The van der Waals surface area contributed by atoms with Crippen molar-refractivity contribution in [3.63, 3.8) is 0 Å². The van der Waals surface area contributed by atoms with Crippen molar-refractivity contribution in [1.29, 1.82) is 0 Å². The fraction of sp³-hybridized carbons (Fsp3) is 0.143. The minimum absolute atomic E-state index is 0.219. The predicted octanol–water partition coefficient (Wildman–Crippen LogP) is 4.42. The van der Waals surface area contributed by atoms with Crippen LogP contribution >= 0.6 is 23.2 Å². The van der Waals surface area contributed by atoms with Gasteiger partial charge in [-0.3, -0.25) is 0 Å². The molecule has 2 aromatic carbocycles. The van der Waals surface area contributed by atoms with Crippen LogP contribution in [0.25, 0.3) is 0 Å². The summed E-state index contributed by atoms with van der Waals surface area (Å²) >= 11 is 11.8. The maximum absolute atomic E-state index is 12.7. The van der Waals surface area contributed by atoms with E-state index in [1.807, 2.05) is 12.1 Å². The largest absolute Gasteiger partial charge is 0.309 e. The minimum Gasteiger partial charge on any atom is -0.309 e. The molecule has 0 fully saturated rings. The van der Waals surface area contributed by atoms with Crippen LogP contribution in [0.2, 0.25) is 10.0 Å². The number of hydrogen-bond acceptors (Lipinski definition) is 1. The Morgan fingerprint density at radius 2 is 1.44 bits per heavy atom. The highest BCUT2D eigenvalue weighted by atomic mass is 35.5. The van der Waals surface area contributed by atoms with Crippen molar-refractivity contribution in [2.45, 2.75) is 13.1 Å². The van der Waals surface area contributed by atoms with E-state index in [1.54, 1.807) is 18.2 Å². The van der Waals surface area contributed by atoms with Crippen LogP contribution < -0.4 is 5.32 Å². The standard InChI is InChI=1S/C14H12Cl2FN/c15-13-6-3-11(7-14(13)16)9-18-8-10-1-4-12(17)5-2-10/h1-7,18H,8-9H2. The lowest BCUT2D eigenvalue weighted by molar-refractivity contribution is 0.625. The number of halogens is 3. The molecule has 0 aliphatic carbocycles. The second-order valence-corrected chi connectivity index (χ2v) is 4.79. The van der Waals surface area contributed by atoms with Gasteiger partial charge in [0.05, 0.1) is 10.0 Å². The molecule has 0 saturated carbocycles. The lowest BCUT2D eigenvalue weighted by Gasteiger charge is -2.06. The molecule has 4 heteroatoms. The Kier molecular flexibility index (Phi) is 4.59. The molecule has 0 spiro atoms. The Morgan fingerprint density at radius 1 is 0.833 bits per heavy atom. The summed E-state index contributed by atoms with van der Waals surface area (Å²) in [6, 6.07) is 12.0. The highest BCUT2D eigenvalue weighted by molar-refractivity contribution is 6.42. The second-order valence-electron chi connectivity index (χ2n) is 3.98. The van der Waals surface area contributed by atoms with E-state index in [2.05, 4.69) is 5.32 Å². The van der Waals surface area contributed by atoms with E-state index in [4.69, 9.17) is 23.2 Å². The van der Waals surface area contributed by atoms with Crippen LogP contribution in [0, 0.1) is 5.82 Å². The first kappa shape index (κ1) is 13.3. The lowest BCUT2D eigenvalue weighted by Crippen LogP contribution is -2.12. The summed E-state index contributed by atoms with van der Waals surface area (Å²) in [5, 5.41) is 4.37. The highest BCUT2D eigenvalue weighted by Gasteiger charge is 1.99. The molecule has 94 valence electrons. The van der Waals surface area contributed by atoms with E-state index >= 15 is 0 Å². The van der Waals surface area contributed by atoms with Gasteiger partial charge in [0.1, 0.15) is 5.82 Å². The predicted molar refractivity (Wildman–Crippen MR) is 73.4 cm³/mol. The number of hydrogen-bond donors (Lipinski definition) is 1. The molecule has 2 rings (SSSR count). The molecule has 18 heavy (non-hydrogen) atoms. The zero-order chi connectivity index (χ0) is 13.0. The summed E-state index contributed by atoms with van der Waals surface area (Å²) in [4.78, 5) is 0. The van der Waals surface area contributed by atoms with Crippen molar-refractivity contribution in [3.8, 4) is 0 Å². The van der Waals surface area contributed by atoms with E-state index in [0.29, 0.717) is 23.1 Å². The van der Waals surface area contributed by atoms with Gasteiger partial charge in [-0.15, -0.1) is 0 Å². The van der Waals surface area contributed by atoms with Crippen LogP contribution in [0.5, 0.6) is 0 Å². The van der Waals surface area contributed by atoms with Gasteiger partial charge in [0.2, 0.25) is 0 Å². The van der Waals surface area contributed by atoms with Gasteiger partial charge in [-0.25, -0.2) is 4.39 Å². The molecule has 0 heterocycles. The van der Waals surface area contributed by atoms with Crippen molar-refractivity contribution in [3.05, 3.63) is 69.5 Å². The summed E-state index contributed by atoms with van der Waals surface area (Å²) in [6.07, 6.45) is 0. The van der Waals surface area contributed by atoms with Gasteiger partial charge in [0.15, 0.2) is 0 Å². The molecular formula is C14H12Cl2FN. The fourth-order valence-corrected chi connectivity index (χ4v) is 1.92. The molecule has 0 aromatic heterocycles. The van der Waals surface area contributed by atoms with Gasteiger partial charge in [0, 0.05) is 13.1 Å². The smallest absolute Gasteiger partial charge is 0.123 e. The third kappa shape index (κ3) is 3.70. The molecule has 2 aromatic rings. The molecule has 0 unspecified atom stereocenters. The topological polar surface area (TPSA) is 12.0 Å². The summed E-state index contributed by atoms with van der Waals surface area (Å²) in [5.74, 6) is -0.219. The van der Waals surface area contributed by atoms with Gasteiger partial charge >= 0.3 is 0 Å². The van der Waals surface area contributed by atoms with Gasteiger partial charge in [-0.1, -0.05) is 41.4 Å². The van der Waals surface area contributed by atoms with Crippen LogP contribution in [-0.4, -0.2) is 0 Å². The Bertz CT molecular complexity index is 526. The molecule has 0 radical (unpaired) electrons. The first-order valence-corrected chi connectivity index (χ1v) is 6.30. The zero-order valence-electron chi connectivity index (χ0n) is 9.59. The third-order valence-corrected chi connectivity index (χ3v) is 3.29. The van der Waals surface area contributed by atoms with Crippen LogP contribution in [-0.2, 0) is 13.1 Å². The summed E-state index contributed by atoms with van der Waals surface area (Å²) in [6.45, 7) is 1.37. The molecule has 0 atom stereocenters. The average molecular weight is 284 g/mol. The first-order chi connectivity index (χ1) is 8.65. The average Bonchev–Trinajstić information content (AvgIpc) is 2.36. The van der Waals surface area contributed by atoms with Crippen molar-refractivity contribution >= 4 is 23.2 Å². The minimum atomic E-state index is -0.219. The molecule has 1 N–H and O–H groups in total. The van der Waals surface area contributed by atoms with E-state index in [9.17, 15) is 4.39 Å².